The highest BCUT2D eigenvalue weighted by molar-refractivity contribution is 5.55. The molecule has 128 valence electrons. The quantitative estimate of drug-likeness (QED) is 0.646. The molecule has 4 N–H and O–H groups in total. The summed E-state index contributed by atoms with van der Waals surface area (Å²) in [4.78, 5) is 14.7. The number of aldehydes is 1. The Bertz CT molecular complexity index is 669. The molecule has 2 aromatic rings. The molecule has 0 saturated carbocycles. The molecule has 0 saturated heterocycles. The molecule has 0 radical (unpaired) electrons. The molecule has 0 aliphatic rings. The van der Waals surface area contributed by atoms with Crippen molar-refractivity contribution in [3.63, 3.8) is 0 Å². The van der Waals surface area contributed by atoms with Gasteiger partial charge in [-0.2, -0.15) is 0 Å². The van der Waals surface area contributed by atoms with E-state index < -0.39 is 6.10 Å². The van der Waals surface area contributed by atoms with Gasteiger partial charge in [-0.25, -0.2) is 4.98 Å². The number of benzene rings is 1. The van der Waals surface area contributed by atoms with Crippen molar-refractivity contribution < 1.29 is 9.90 Å². The topological polar surface area (TPSA) is 88.2 Å². The third-order valence-electron chi connectivity index (χ3n) is 3.92. The van der Waals surface area contributed by atoms with E-state index in [-0.39, 0.29) is 5.54 Å². The zero-order valence-electron chi connectivity index (χ0n) is 14.2. The molecule has 1 atom stereocenters. The monoisotopic (exact) mass is 327 g/mol. The van der Waals surface area contributed by atoms with E-state index in [2.05, 4.69) is 36.3 Å². The number of nitrogens with one attached hydrogen (secondary N) is 1. The summed E-state index contributed by atoms with van der Waals surface area (Å²) in [6, 6.07) is 11.5. The van der Waals surface area contributed by atoms with E-state index in [1.807, 2.05) is 12.1 Å². The van der Waals surface area contributed by atoms with Crippen LogP contribution in [-0.2, 0) is 17.6 Å². The largest absolute Gasteiger partial charge is 0.387 e. The number of β-amino-alcohol motifs (C(OH)–C–C–N with tert-alkyl or cyclic N) is 1. The number of aliphatic hydroxyl groups excluding tert-OH is 1. The fourth-order valence-electron chi connectivity index (χ4n) is 2.64. The predicted octanol–water partition coefficient (Wildman–Crippen LogP) is 2.05. The van der Waals surface area contributed by atoms with E-state index in [1.165, 1.54) is 0 Å². The molecule has 5 heteroatoms. The molecule has 2 rings (SSSR count). The average molecular weight is 327 g/mol. The highest BCUT2D eigenvalue weighted by atomic mass is 16.3. The van der Waals surface area contributed by atoms with Crippen LogP contribution in [0, 0.1) is 0 Å². The molecule has 0 aliphatic heterocycles. The van der Waals surface area contributed by atoms with Gasteiger partial charge < -0.3 is 21.0 Å². The highest BCUT2D eigenvalue weighted by Crippen LogP contribution is 2.17. The molecule has 0 bridgehead atoms. The Morgan fingerprint density at radius 1 is 1.29 bits per heavy atom. The maximum Gasteiger partial charge on any atom is 0.124 e. The minimum absolute atomic E-state index is 0.192. The van der Waals surface area contributed by atoms with Gasteiger partial charge in [0.05, 0.1) is 6.10 Å². The third kappa shape index (κ3) is 5.44. The lowest BCUT2D eigenvalue weighted by molar-refractivity contribution is -0.107. The summed E-state index contributed by atoms with van der Waals surface area (Å²) in [5, 5.41) is 13.7. The lowest BCUT2D eigenvalue weighted by atomic mass is 9.93. The third-order valence-corrected chi connectivity index (χ3v) is 3.92. The maximum atomic E-state index is 10.7. The van der Waals surface area contributed by atoms with Crippen molar-refractivity contribution in [1.29, 1.82) is 0 Å². The van der Waals surface area contributed by atoms with Crippen LogP contribution in [0.25, 0.3) is 0 Å². The highest BCUT2D eigenvalue weighted by Gasteiger charge is 2.20. The average Bonchev–Trinajstić information content (AvgIpc) is 2.54. The van der Waals surface area contributed by atoms with Gasteiger partial charge in [-0.1, -0.05) is 30.3 Å². The molecular weight excluding hydrogens is 302 g/mol. The van der Waals surface area contributed by atoms with E-state index in [4.69, 9.17) is 5.73 Å². The van der Waals surface area contributed by atoms with E-state index in [9.17, 15) is 9.90 Å². The second-order valence-corrected chi connectivity index (χ2v) is 6.66. The van der Waals surface area contributed by atoms with Crippen LogP contribution in [0.3, 0.4) is 0 Å². The summed E-state index contributed by atoms with van der Waals surface area (Å²) in [6.07, 6.45) is 3.10. The fraction of sp³-hybridized carbons (Fsp3) is 0.368. The summed E-state index contributed by atoms with van der Waals surface area (Å²) >= 11 is 0. The van der Waals surface area contributed by atoms with Crippen LogP contribution in [0.5, 0.6) is 0 Å². The number of hydrogen-bond acceptors (Lipinski definition) is 5. The smallest absolute Gasteiger partial charge is 0.124 e. The molecule has 0 spiro atoms. The van der Waals surface area contributed by atoms with Gasteiger partial charge in [0, 0.05) is 30.3 Å². The van der Waals surface area contributed by atoms with Crippen LogP contribution >= 0.6 is 0 Å². The zero-order valence-corrected chi connectivity index (χ0v) is 14.2. The number of pyridine rings is 1. The number of nitrogens with zero attached hydrogens (tertiary/aromatic N) is 1. The Kier molecular flexibility index (Phi) is 6.06. The minimum Gasteiger partial charge on any atom is -0.387 e. The molecule has 0 fully saturated rings. The van der Waals surface area contributed by atoms with Gasteiger partial charge in [-0.05, 0) is 37.5 Å². The number of hydrogen-bond donors (Lipinski definition) is 3. The summed E-state index contributed by atoms with van der Waals surface area (Å²) in [7, 11) is 0. The first kappa shape index (κ1) is 18.1. The lowest BCUT2D eigenvalue weighted by Crippen LogP contribution is -2.43. The van der Waals surface area contributed by atoms with E-state index >= 15 is 0 Å². The lowest BCUT2D eigenvalue weighted by Gasteiger charge is -2.28. The SMILES string of the molecule is CC(C)(Cc1cccc(CC=O)c1)NC[C@H](O)c1ccc(N)nc1. The summed E-state index contributed by atoms with van der Waals surface area (Å²) in [5.74, 6) is 0.439. The van der Waals surface area contributed by atoms with Gasteiger partial charge in [0.15, 0.2) is 0 Å². The number of aromatic nitrogens is 1. The van der Waals surface area contributed by atoms with Crippen LogP contribution in [0.15, 0.2) is 42.6 Å². The minimum atomic E-state index is -0.640. The molecule has 24 heavy (non-hydrogen) atoms. The number of carbonyl (C=O) groups excluding carboxylic acids is 1. The number of nitrogens with two attached hydrogens (primary N) is 1. The van der Waals surface area contributed by atoms with Crippen molar-refractivity contribution in [2.45, 2.75) is 38.3 Å². The first-order chi connectivity index (χ1) is 11.4. The maximum absolute atomic E-state index is 10.7. The Hall–Kier alpha value is -2.24. The summed E-state index contributed by atoms with van der Waals surface area (Å²) < 4.78 is 0. The number of aliphatic hydroxyl groups is 1. The van der Waals surface area contributed by atoms with E-state index in [1.54, 1.807) is 18.3 Å². The van der Waals surface area contributed by atoms with Crippen LogP contribution in [-0.4, -0.2) is 28.5 Å². The van der Waals surface area contributed by atoms with Gasteiger partial charge in [0.1, 0.15) is 12.1 Å². The molecule has 0 amide bonds. The van der Waals surface area contributed by atoms with Gasteiger partial charge in [0.2, 0.25) is 0 Å². The molecule has 1 heterocycles. The zero-order chi connectivity index (χ0) is 17.6. The Morgan fingerprint density at radius 2 is 2.04 bits per heavy atom. The van der Waals surface area contributed by atoms with Crippen molar-refractivity contribution in [3.8, 4) is 0 Å². The van der Waals surface area contributed by atoms with Crippen molar-refractivity contribution in [2.24, 2.45) is 0 Å². The molecule has 5 nitrogen and oxygen atoms in total. The number of anilines is 1. The molecule has 1 aromatic heterocycles. The normalized spacial score (nSPS) is 12.8. The first-order valence-corrected chi connectivity index (χ1v) is 8.05. The van der Waals surface area contributed by atoms with Crippen molar-refractivity contribution in [3.05, 3.63) is 59.3 Å². The standard InChI is InChI=1S/C19H25N3O2/c1-19(2,11-15-5-3-4-14(10-15)8-9-23)22-13-17(24)16-6-7-18(20)21-12-16/h3-7,9-10,12,17,22,24H,8,11,13H2,1-2H3,(H2,20,21)/t17-/m0/s1. The van der Waals surface area contributed by atoms with Crippen molar-refractivity contribution in [2.75, 3.05) is 12.3 Å². The van der Waals surface area contributed by atoms with Crippen LogP contribution in [0.2, 0.25) is 0 Å². The molecule has 0 unspecified atom stereocenters. The van der Waals surface area contributed by atoms with Gasteiger partial charge in [-0.3, -0.25) is 0 Å². The number of carbonyl (C=O) groups is 1. The first-order valence-electron chi connectivity index (χ1n) is 8.05. The second kappa shape index (κ2) is 8.04. The van der Waals surface area contributed by atoms with Crippen LogP contribution < -0.4 is 11.1 Å². The van der Waals surface area contributed by atoms with E-state index in [0.717, 1.165) is 29.4 Å². The van der Waals surface area contributed by atoms with Crippen LogP contribution in [0.4, 0.5) is 5.82 Å². The van der Waals surface area contributed by atoms with Gasteiger partial charge in [0.25, 0.3) is 0 Å². The molecule has 0 aliphatic carbocycles. The van der Waals surface area contributed by atoms with Crippen molar-refractivity contribution >= 4 is 12.1 Å². The van der Waals surface area contributed by atoms with E-state index in [0.29, 0.717) is 18.8 Å². The summed E-state index contributed by atoms with van der Waals surface area (Å²) in [5.41, 5.74) is 8.29. The Morgan fingerprint density at radius 3 is 2.71 bits per heavy atom. The van der Waals surface area contributed by atoms with Crippen LogP contribution in [0.1, 0.15) is 36.6 Å². The molecule has 1 aromatic carbocycles. The van der Waals surface area contributed by atoms with Gasteiger partial charge >= 0.3 is 0 Å². The second-order valence-electron chi connectivity index (χ2n) is 6.66. The number of nitrogen functional groups attached to an aromatic ring is 1. The Balaban J connectivity index is 1.94. The molecular formula is C19H25N3O2. The summed E-state index contributed by atoms with van der Waals surface area (Å²) in [6.45, 7) is 4.60. The fourth-order valence-corrected chi connectivity index (χ4v) is 2.64. The van der Waals surface area contributed by atoms with Gasteiger partial charge in [-0.15, -0.1) is 0 Å². The predicted molar refractivity (Wildman–Crippen MR) is 95.6 cm³/mol. The Labute approximate surface area is 142 Å². The van der Waals surface area contributed by atoms with Crippen molar-refractivity contribution in [1.82, 2.24) is 10.3 Å². The number of rotatable bonds is 8.